The highest BCUT2D eigenvalue weighted by Gasteiger charge is 2.35. The first-order valence-electron chi connectivity index (χ1n) is 12.3. The Hall–Kier alpha value is -4.24. The minimum absolute atomic E-state index is 0.0303. The normalized spacial score (nSPS) is 15.9. The van der Waals surface area contributed by atoms with E-state index in [0.717, 1.165) is 18.4 Å². The fourth-order valence-electron chi connectivity index (χ4n) is 4.65. The molecule has 1 aromatic heterocycles. The van der Waals surface area contributed by atoms with Gasteiger partial charge in [-0.3, -0.25) is 14.5 Å². The molecule has 37 heavy (non-hydrogen) atoms. The first-order chi connectivity index (χ1) is 18.2. The molecule has 9 heteroatoms. The first-order valence-corrected chi connectivity index (χ1v) is 12.3. The third kappa shape index (κ3) is 5.31. The molecule has 0 saturated carbocycles. The zero-order chi connectivity index (χ0) is 25.6. The molecule has 2 amide bonds. The lowest BCUT2D eigenvalue weighted by Crippen LogP contribution is -2.46. The largest absolute Gasteiger partial charge is 0.495 e. The number of carbonyl (C=O) groups is 2. The van der Waals surface area contributed by atoms with E-state index >= 15 is 0 Å². The van der Waals surface area contributed by atoms with Gasteiger partial charge >= 0.3 is 0 Å². The average molecular weight is 500 g/mol. The van der Waals surface area contributed by atoms with E-state index in [4.69, 9.17) is 9.47 Å². The van der Waals surface area contributed by atoms with Crippen LogP contribution in [0.4, 0.5) is 5.69 Å². The Balaban J connectivity index is 1.55. The van der Waals surface area contributed by atoms with E-state index in [1.165, 1.54) is 4.90 Å². The number of para-hydroxylation sites is 3. The maximum atomic E-state index is 14.1. The Kier molecular flexibility index (Phi) is 7.41. The second-order valence-corrected chi connectivity index (χ2v) is 8.86. The zero-order valence-corrected chi connectivity index (χ0v) is 20.6. The van der Waals surface area contributed by atoms with Gasteiger partial charge < -0.3 is 14.8 Å². The van der Waals surface area contributed by atoms with Crippen molar-refractivity contribution in [1.29, 1.82) is 0 Å². The molecule has 5 rings (SSSR count). The average Bonchev–Trinajstić information content (AvgIpc) is 3.61. The summed E-state index contributed by atoms with van der Waals surface area (Å²) in [6.07, 6.45) is 1.84. The van der Waals surface area contributed by atoms with Gasteiger partial charge in [0.15, 0.2) is 0 Å². The third-order valence-electron chi connectivity index (χ3n) is 6.47. The van der Waals surface area contributed by atoms with Gasteiger partial charge in [-0.2, -0.15) is 0 Å². The molecule has 1 fully saturated rings. The number of carbonyl (C=O) groups excluding carboxylic acids is 2. The van der Waals surface area contributed by atoms with Crippen molar-refractivity contribution in [3.8, 4) is 5.75 Å². The van der Waals surface area contributed by atoms with Crippen LogP contribution in [0.25, 0.3) is 11.0 Å². The fraction of sp³-hybridized carbons (Fsp3) is 0.286. The van der Waals surface area contributed by atoms with Gasteiger partial charge in [0.25, 0.3) is 0 Å². The van der Waals surface area contributed by atoms with E-state index in [-0.39, 0.29) is 24.5 Å². The summed E-state index contributed by atoms with van der Waals surface area (Å²) in [5.41, 5.74) is 2.58. The molecule has 9 nitrogen and oxygen atoms in total. The van der Waals surface area contributed by atoms with Crippen LogP contribution in [0.3, 0.4) is 0 Å². The van der Waals surface area contributed by atoms with Crippen molar-refractivity contribution in [2.45, 2.75) is 31.5 Å². The molecule has 1 aliphatic heterocycles. The van der Waals surface area contributed by atoms with Crippen LogP contribution in [0, 0.1) is 0 Å². The summed E-state index contributed by atoms with van der Waals surface area (Å²) in [7, 11) is 1.54. The van der Waals surface area contributed by atoms with E-state index < -0.39 is 6.04 Å². The van der Waals surface area contributed by atoms with Gasteiger partial charge in [-0.25, -0.2) is 4.68 Å². The Morgan fingerprint density at radius 1 is 1.08 bits per heavy atom. The molecule has 1 saturated heterocycles. The molecule has 0 spiro atoms. The van der Waals surface area contributed by atoms with E-state index in [1.54, 1.807) is 23.9 Å². The van der Waals surface area contributed by atoms with Crippen molar-refractivity contribution in [2.24, 2.45) is 0 Å². The molecule has 0 bridgehead atoms. The van der Waals surface area contributed by atoms with Crippen LogP contribution in [0.5, 0.6) is 5.75 Å². The molecule has 0 radical (unpaired) electrons. The number of ether oxygens (including phenoxy) is 2. The lowest BCUT2D eigenvalue weighted by Gasteiger charge is -2.32. The lowest BCUT2D eigenvalue weighted by atomic mass is 10.0. The molecule has 0 aliphatic carbocycles. The predicted octanol–water partition coefficient (Wildman–Crippen LogP) is 3.51. The lowest BCUT2D eigenvalue weighted by molar-refractivity contribution is -0.127. The number of nitrogens with one attached hydrogen (secondary N) is 1. The number of hydrogen-bond acceptors (Lipinski definition) is 6. The predicted molar refractivity (Wildman–Crippen MR) is 139 cm³/mol. The minimum Gasteiger partial charge on any atom is -0.495 e. The maximum absolute atomic E-state index is 14.1. The molecule has 1 aliphatic rings. The number of fused-ring (bicyclic) bond motifs is 1. The van der Waals surface area contributed by atoms with Gasteiger partial charge in [-0.15, -0.1) is 5.10 Å². The zero-order valence-electron chi connectivity index (χ0n) is 20.6. The van der Waals surface area contributed by atoms with Crippen molar-refractivity contribution in [3.63, 3.8) is 0 Å². The second kappa shape index (κ2) is 11.2. The summed E-state index contributed by atoms with van der Waals surface area (Å²) in [6.45, 7) is 0.963. The van der Waals surface area contributed by atoms with E-state index in [2.05, 4.69) is 15.6 Å². The highest BCUT2D eigenvalue weighted by molar-refractivity contribution is 6.02. The number of benzene rings is 3. The highest BCUT2D eigenvalue weighted by atomic mass is 16.5. The van der Waals surface area contributed by atoms with Crippen LogP contribution in [0.15, 0.2) is 78.9 Å². The minimum atomic E-state index is -0.943. The molecule has 3 aromatic carbocycles. The van der Waals surface area contributed by atoms with Crippen LogP contribution < -0.4 is 15.0 Å². The van der Waals surface area contributed by atoms with Crippen molar-refractivity contribution >= 4 is 28.5 Å². The van der Waals surface area contributed by atoms with E-state index in [1.807, 2.05) is 66.7 Å². The van der Waals surface area contributed by atoms with Crippen LogP contribution in [-0.4, -0.2) is 53.2 Å². The number of rotatable bonds is 9. The van der Waals surface area contributed by atoms with Crippen LogP contribution in [0.1, 0.15) is 24.4 Å². The molecule has 2 atom stereocenters. The van der Waals surface area contributed by atoms with Gasteiger partial charge in [0.1, 0.15) is 23.9 Å². The van der Waals surface area contributed by atoms with Crippen LogP contribution in [-0.2, 0) is 20.9 Å². The number of aromatic nitrogens is 3. The molecule has 0 unspecified atom stereocenters. The van der Waals surface area contributed by atoms with Crippen molar-refractivity contribution in [3.05, 3.63) is 84.4 Å². The number of nitrogens with zero attached hydrogens (tertiary/aromatic N) is 4. The summed E-state index contributed by atoms with van der Waals surface area (Å²) >= 11 is 0. The van der Waals surface area contributed by atoms with Crippen LogP contribution in [0.2, 0.25) is 0 Å². The maximum Gasteiger partial charge on any atom is 0.249 e. The number of anilines is 1. The molecular weight excluding hydrogens is 470 g/mol. The summed E-state index contributed by atoms with van der Waals surface area (Å²) in [5.74, 6) is -0.155. The van der Waals surface area contributed by atoms with Crippen molar-refractivity contribution in [2.75, 3.05) is 25.2 Å². The first kappa shape index (κ1) is 24.5. The van der Waals surface area contributed by atoms with E-state index in [9.17, 15) is 9.59 Å². The summed E-state index contributed by atoms with van der Waals surface area (Å²) in [4.78, 5) is 29.4. The summed E-state index contributed by atoms with van der Waals surface area (Å²) < 4.78 is 12.9. The van der Waals surface area contributed by atoms with E-state index in [0.29, 0.717) is 35.7 Å². The standard InChI is InChI=1S/C28H29N5O4/c1-36-25-16-8-7-15-24(25)33(26(34)19-32-23-14-6-5-13-22(23)30-31-32)27(20-10-3-2-4-11-20)28(35)29-18-21-12-9-17-37-21/h2-8,10-11,13-16,21,27H,9,12,17-19H2,1H3,(H,29,35)/t21-,27-/m1/s1. The highest BCUT2D eigenvalue weighted by Crippen LogP contribution is 2.35. The molecule has 4 aromatic rings. The van der Waals surface area contributed by atoms with Gasteiger partial charge in [0.2, 0.25) is 11.8 Å². The Morgan fingerprint density at radius 2 is 1.84 bits per heavy atom. The van der Waals surface area contributed by atoms with Crippen molar-refractivity contribution in [1.82, 2.24) is 20.3 Å². The smallest absolute Gasteiger partial charge is 0.249 e. The molecule has 1 N–H and O–H groups in total. The number of methoxy groups -OCH3 is 1. The van der Waals surface area contributed by atoms with Gasteiger partial charge in [0.05, 0.1) is 24.4 Å². The third-order valence-corrected chi connectivity index (χ3v) is 6.47. The summed E-state index contributed by atoms with van der Waals surface area (Å²) in [5, 5.41) is 11.4. The molecule has 190 valence electrons. The van der Waals surface area contributed by atoms with Crippen LogP contribution >= 0.6 is 0 Å². The number of hydrogen-bond donors (Lipinski definition) is 1. The Labute approximate surface area is 215 Å². The summed E-state index contributed by atoms with van der Waals surface area (Å²) in [6, 6.07) is 23.0. The second-order valence-electron chi connectivity index (χ2n) is 8.86. The fourth-order valence-corrected chi connectivity index (χ4v) is 4.65. The van der Waals surface area contributed by atoms with Crippen molar-refractivity contribution < 1.29 is 19.1 Å². The SMILES string of the molecule is COc1ccccc1N(C(=O)Cn1nnc2ccccc21)[C@@H](C(=O)NC[C@H]1CCCO1)c1ccccc1. The quantitative estimate of drug-likeness (QED) is 0.379. The molecule has 2 heterocycles. The Bertz CT molecular complexity index is 1370. The van der Waals surface area contributed by atoms with Gasteiger partial charge in [0, 0.05) is 13.2 Å². The van der Waals surface area contributed by atoms with Gasteiger partial charge in [-0.05, 0) is 42.7 Å². The number of amides is 2. The topological polar surface area (TPSA) is 98.6 Å². The Morgan fingerprint density at radius 3 is 2.62 bits per heavy atom. The van der Waals surface area contributed by atoms with Gasteiger partial charge in [-0.1, -0.05) is 59.8 Å². The molecular formula is C28H29N5O4. The monoisotopic (exact) mass is 499 g/mol.